The highest BCUT2D eigenvalue weighted by Gasteiger charge is 2.34. The van der Waals surface area contributed by atoms with E-state index in [4.69, 9.17) is 9.47 Å². The van der Waals surface area contributed by atoms with Crippen molar-refractivity contribution in [1.29, 1.82) is 0 Å². The van der Waals surface area contributed by atoms with Crippen molar-refractivity contribution in [3.05, 3.63) is 24.3 Å². The monoisotopic (exact) mass is 292 g/mol. The number of nitrogens with one attached hydrogen (secondary N) is 2. The number of methoxy groups -OCH3 is 1. The van der Waals surface area contributed by atoms with Crippen molar-refractivity contribution in [1.82, 2.24) is 5.32 Å². The van der Waals surface area contributed by atoms with Crippen molar-refractivity contribution >= 4 is 11.6 Å². The van der Waals surface area contributed by atoms with E-state index in [1.807, 2.05) is 31.2 Å². The highest BCUT2D eigenvalue weighted by atomic mass is 16.5. The molecule has 21 heavy (non-hydrogen) atoms. The topological polar surface area (TPSA) is 59.6 Å². The molecule has 1 aromatic carbocycles. The minimum absolute atomic E-state index is 0.0234. The Morgan fingerprint density at radius 2 is 2.05 bits per heavy atom. The number of carbonyl (C=O) groups is 1. The molecule has 1 heterocycles. The molecule has 1 aliphatic heterocycles. The van der Waals surface area contributed by atoms with Crippen LogP contribution in [-0.4, -0.2) is 38.3 Å². The van der Waals surface area contributed by atoms with Crippen LogP contribution in [-0.2, 0) is 9.53 Å². The maximum Gasteiger partial charge on any atom is 0.244 e. The number of anilines is 1. The van der Waals surface area contributed by atoms with Gasteiger partial charge in [-0.25, -0.2) is 0 Å². The van der Waals surface area contributed by atoms with Crippen LogP contribution in [0.2, 0.25) is 0 Å². The van der Waals surface area contributed by atoms with Crippen LogP contribution in [0.5, 0.6) is 5.75 Å². The predicted octanol–water partition coefficient (Wildman–Crippen LogP) is 2.18. The molecule has 5 nitrogen and oxygen atoms in total. The van der Waals surface area contributed by atoms with E-state index >= 15 is 0 Å². The van der Waals surface area contributed by atoms with Crippen LogP contribution in [0.15, 0.2) is 24.3 Å². The van der Waals surface area contributed by atoms with E-state index in [9.17, 15) is 4.79 Å². The maximum absolute atomic E-state index is 12.4. The molecule has 1 saturated heterocycles. The molecule has 0 radical (unpaired) electrons. The molecular weight excluding hydrogens is 268 g/mol. The van der Waals surface area contributed by atoms with Gasteiger partial charge in [-0.15, -0.1) is 0 Å². The SMILES string of the molecule is COCCOc1ccc(NC(=O)C2(C)CCCCN2)cc1. The summed E-state index contributed by atoms with van der Waals surface area (Å²) in [6.07, 6.45) is 3.09. The summed E-state index contributed by atoms with van der Waals surface area (Å²) in [5.41, 5.74) is 0.319. The Balaban J connectivity index is 1.89. The van der Waals surface area contributed by atoms with Crippen molar-refractivity contribution < 1.29 is 14.3 Å². The van der Waals surface area contributed by atoms with E-state index in [1.165, 1.54) is 0 Å². The Bertz CT molecular complexity index is 453. The number of hydrogen-bond acceptors (Lipinski definition) is 4. The second kappa shape index (κ2) is 7.43. The molecule has 5 heteroatoms. The molecule has 0 spiro atoms. The number of piperidine rings is 1. The van der Waals surface area contributed by atoms with Gasteiger partial charge in [-0.05, 0) is 57.0 Å². The van der Waals surface area contributed by atoms with Gasteiger partial charge in [0, 0.05) is 12.8 Å². The summed E-state index contributed by atoms with van der Waals surface area (Å²) in [5.74, 6) is 0.794. The Morgan fingerprint density at radius 3 is 2.67 bits per heavy atom. The standard InChI is InChI=1S/C16H24N2O3/c1-16(9-3-4-10-17-16)15(19)18-13-5-7-14(8-6-13)21-12-11-20-2/h5-8,17H,3-4,9-12H2,1-2H3,(H,18,19). The first-order valence-electron chi connectivity index (χ1n) is 7.42. The largest absolute Gasteiger partial charge is 0.491 e. The molecule has 0 bridgehead atoms. The number of benzene rings is 1. The van der Waals surface area contributed by atoms with Crippen LogP contribution in [0.25, 0.3) is 0 Å². The number of carbonyl (C=O) groups excluding carboxylic acids is 1. The third-order valence-electron chi connectivity index (χ3n) is 3.79. The highest BCUT2D eigenvalue weighted by Crippen LogP contribution is 2.22. The number of hydrogen-bond donors (Lipinski definition) is 2. The lowest BCUT2D eigenvalue weighted by Crippen LogP contribution is -2.54. The second-order valence-electron chi connectivity index (χ2n) is 5.54. The molecule has 2 rings (SSSR count). The van der Waals surface area contributed by atoms with Crippen LogP contribution in [0.4, 0.5) is 5.69 Å². The molecule has 1 aliphatic rings. The van der Waals surface area contributed by atoms with Crippen molar-refractivity contribution in [3.8, 4) is 5.75 Å². The van der Waals surface area contributed by atoms with E-state index < -0.39 is 5.54 Å². The highest BCUT2D eigenvalue weighted by molar-refractivity contribution is 5.97. The molecule has 116 valence electrons. The Labute approximate surface area is 126 Å². The molecule has 2 N–H and O–H groups in total. The smallest absolute Gasteiger partial charge is 0.244 e. The average Bonchev–Trinajstić information content (AvgIpc) is 2.50. The average molecular weight is 292 g/mol. The van der Waals surface area contributed by atoms with E-state index in [0.29, 0.717) is 13.2 Å². The van der Waals surface area contributed by atoms with Gasteiger partial charge < -0.3 is 20.1 Å². The van der Waals surface area contributed by atoms with Crippen LogP contribution in [0.3, 0.4) is 0 Å². The normalized spacial score (nSPS) is 21.8. The summed E-state index contributed by atoms with van der Waals surface area (Å²) in [6.45, 7) is 3.94. The van der Waals surface area contributed by atoms with E-state index in [-0.39, 0.29) is 5.91 Å². The van der Waals surface area contributed by atoms with Gasteiger partial charge in [0.2, 0.25) is 5.91 Å². The summed E-state index contributed by atoms with van der Waals surface area (Å²) >= 11 is 0. The zero-order chi connectivity index (χ0) is 15.1. The van der Waals surface area contributed by atoms with Gasteiger partial charge in [0.15, 0.2) is 0 Å². The third kappa shape index (κ3) is 4.44. The van der Waals surface area contributed by atoms with Gasteiger partial charge in [0.25, 0.3) is 0 Å². The first kappa shape index (κ1) is 15.8. The molecule has 1 atom stereocenters. The molecule has 1 amide bonds. The van der Waals surface area contributed by atoms with E-state index in [1.54, 1.807) is 7.11 Å². The molecule has 0 saturated carbocycles. The fourth-order valence-corrected chi connectivity index (χ4v) is 2.40. The van der Waals surface area contributed by atoms with Gasteiger partial charge in [0.05, 0.1) is 12.1 Å². The fraction of sp³-hybridized carbons (Fsp3) is 0.562. The number of ether oxygens (including phenoxy) is 2. The Hall–Kier alpha value is -1.59. The van der Waals surface area contributed by atoms with Crippen molar-refractivity contribution in [3.63, 3.8) is 0 Å². The molecule has 1 fully saturated rings. The summed E-state index contributed by atoms with van der Waals surface area (Å²) in [5, 5.41) is 6.28. The number of rotatable bonds is 6. The van der Waals surface area contributed by atoms with Crippen LogP contribution >= 0.6 is 0 Å². The van der Waals surface area contributed by atoms with E-state index in [0.717, 1.165) is 37.2 Å². The summed E-state index contributed by atoms with van der Waals surface area (Å²) in [7, 11) is 1.64. The molecule has 0 aromatic heterocycles. The minimum atomic E-state index is -0.466. The molecular formula is C16H24N2O3. The van der Waals surface area contributed by atoms with Crippen LogP contribution < -0.4 is 15.4 Å². The number of amides is 1. The maximum atomic E-state index is 12.4. The third-order valence-corrected chi connectivity index (χ3v) is 3.79. The summed E-state index contributed by atoms with van der Waals surface area (Å²) in [6, 6.07) is 7.41. The predicted molar refractivity (Wildman–Crippen MR) is 82.7 cm³/mol. The Kier molecular flexibility index (Phi) is 5.59. The van der Waals surface area contributed by atoms with Crippen molar-refractivity contribution in [2.24, 2.45) is 0 Å². The quantitative estimate of drug-likeness (QED) is 0.789. The molecule has 1 unspecified atom stereocenters. The lowest BCUT2D eigenvalue weighted by Gasteiger charge is -2.33. The lowest BCUT2D eigenvalue weighted by atomic mass is 9.90. The Morgan fingerprint density at radius 1 is 1.29 bits per heavy atom. The molecule has 0 aliphatic carbocycles. The van der Waals surface area contributed by atoms with Crippen LogP contribution in [0, 0.1) is 0 Å². The summed E-state index contributed by atoms with van der Waals surface area (Å²) < 4.78 is 10.4. The van der Waals surface area contributed by atoms with Gasteiger partial charge in [-0.2, -0.15) is 0 Å². The molecule has 1 aromatic rings. The zero-order valence-corrected chi connectivity index (χ0v) is 12.8. The van der Waals surface area contributed by atoms with Crippen molar-refractivity contribution in [2.75, 3.05) is 32.2 Å². The van der Waals surface area contributed by atoms with Gasteiger partial charge in [-0.1, -0.05) is 0 Å². The van der Waals surface area contributed by atoms with Gasteiger partial charge in [0.1, 0.15) is 12.4 Å². The zero-order valence-electron chi connectivity index (χ0n) is 12.8. The first-order chi connectivity index (χ1) is 10.1. The summed E-state index contributed by atoms with van der Waals surface area (Å²) in [4.78, 5) is 12.4. The van der Waals surface area contributed by atoms with Gasteiger partial charge >= 0.3 is 0 Å². The van der Waals surface area contributed by atoms with Crippen LogP contribution in [0.1, 0.15) is 26.2 Å². The second-order valence-corrected chi connectivity index (χ2v) is 5.54. The fourth-order valence-electron chi connectivity index (χ4n) is 2.40. The van der Waals surface area contributed by atoms with E-state index in [2.05, 4.69) is 10.6 Å². The minimum Gasteiger partial charge on any atom is -0.491 e. The van der Waals surface area contributed by atoms with Gasteiger partial charge in [-0.3, -0.25) is 4.79 Å². The van der Waals surface area contributed by atoms with Crippen molar-refractivity contribution in [2.45, 2.75) is 31.7 Å². The lowest BCUT2D eigenvalue weighted by molar-refractivity contribution is -0.122. The first-order valence-corrected chi connectivity index (χ1v) is 7.42.